The average Bonchev–Trinajstić information content (AvgIpc) is 2.27. The molecule has 0 aromatic carbocycles. The van der Waals surface area contributed by atoms with E-state index >= 15 is 0 Å². The second kappa shape index (κ2) is 6.63. The van der Waals surface area contributed by atoms with Crippen LogP contribution in [0.3, 0.4) is 0 Å². The third kappa shape index (κ3) is 5.71. The third-order valence-electron chi connectivity index (χ3n) is 2.15. The van der Waals surface area contributed by atoms with Gasteiger partial charge in [0, 0.05) is 6.20 Å². The highest BCUT2D eigenvalue weighted by Crippen LogP contribution is 1.96. The summed E-state index contributed by atoms with van der Waals surface area (Å²) in [5.41, 5.74) is 0.676. The zero-order valence-electron chi connectivity index (χ0n) is 10.1. The Balaban J connectivity index is 2.44. The van der Waals surface area contributed by atoms with Crippen LogP contribution < -0.4 is 10.0 Å². The average molecular weight is 258 g/mol. The lowest BCUT2D eigenvalue weighted by molar-refractivity contribution is 0.576. The largest absolute Gasteiger partial charge is 0.320 e. The molecule has 1 heterocycles. The van der Waals surface area contributed by atoms with Crippen LogP contribution in [-0.2, 0) is 16.6 Å². The molecule has 0 bridgehead atoms. The van der Waals surface area contributed by atoms with Crippen molar-refractivity contribution in [2.45, 2.75) is 19.9 Å². The van der Waals surface area contributed by atoms with Crippen molar-refractivity contribution >= 4 is 10.0 Å². The molecule has 1 rings (SSSR count). The molecule has 7 heteroatoms. The Kier molecular flexibility index (Phi) is 5.46. The Morgan fingerprint density at radius 1 is 1.41 bits per heavy atom. The Hall–Kier alpha value is -1.05. The number of rotatable bonds is 7. The first-order valence-corrected chi connectivity index (χ1v) is 7.09. The second-order valence-corrected chi connectivity index (χ2v) is 5.62. The molecule has 0 spiro atoms. The van der Waals surface area contributed by atoms with Gasteiger partial charge in [-0.15, -0.1) is 0 Å². The Morgan fingerprint density at radius 3 is 2.82 bits per heavy atom. The first-order valence-electron chi connectivity index (χ1n) is 5.44. The van der Waals surface area contributed by atoms with Crippen LogP contribution in [0.4, 0.5) is 0 Å². The van der Waals surface area contributed by atoms with Crippen LogP contribution in [0.25, 0.3) is 0 Å². The monoisotopic (exact) mass is 258 g/mol. The van der Waals surface area contributed by atoms with E-state index in [0.717, 1.165) is 0 Å². The van der Waals surface area contributed by atoms with Crippen molar-refractivity contribution in [3.8, 4) is 0 Å². The summed E-state index contributed by atoms with van der Waals surface area (Å²) in [5, 5.41) is 2.91. The highest BCUT2D eigenvalue weighted by molar-refractivity contribution is 7.89. The molecule has 0 fully saturated rings. The zero-order valence-corrected chi connectivity index (χ0v) is 10.9. The van der Waals surface area contributed by atoms with Gasteiger partial charge in [-0.2, -0.15) is 0 Å². The molecule has 17 heavy (non-hydrogen) atoms. The van der Waals surface area contributed by atoms with Gasteiger partial charge in [0.25, 0.3) is 0 Å². The molecule has 0 unspecified atom stereocenters. The van der Waals surface area contributed by atoms with Gasteiger partial charge < -0.3 is 5.32 Å². The fourth-order valence-corrected chi connectivity index (χ4v) is 2.34. The molecule has 2 N–H and O–H groups in total. The number of sulfonamides is 1. The van der Waals surface area contributed by atoms with E-state index in [9.17, 15) is 8.42 Å². The molecule has 0 atom stereocenters. The smallest absolute Gasteiger partial charge is 0.211 e. The van der Waals surface area contributed by atoms with E-state index < -0.39 is 10.0 Å². The van der Waals surface area contributed by atoms with Gasteiger partial charge in [0.05, 0.1) is 18.0 Å². The zero-order chi connectivity index (χ0) is 12.7. The summed E-state index contributed by atoms with van der Waals surface area (Å²) in [6.45, 7) is 2.67. The lowest BCUT2D eigenvalue weighted by Crippen LogP contribution is -2.27. The summed E-state index contributed by atoms with van der Waals surface area (Å²) in [6, 6.07) is 1.70. The second-order valence-electron chi connectivity index (χ2n) is 3.69. The summed E-state index contributed by atoms with van der Waals surface area (Å²) in [7, 11) is -1.42. The van der Waals surface area contributed by atoms with Crippen molar-refractivity contribution in [2.75, 3.05) is 19.3 Å². The molecule has 96 valence electrons. The van der Waals surface area contributed by atoms with Gasteiger partial charge >= 0.3 is 0 Å². The van der Waals surface area contributed by atoms with Gasteiger partial charge in [0.15, 0.2) is 0 Å². The molecule has 6 nitrogen and oxygen atoms in total. The minimum atomic E-state index is -3.22. The molecular formula is C10H18N4O2S. The van der Waals surface area contributed by atoms with Gasteiger partial charge in [-0.25, -0.2) is 23.1 Å². The first kappa shape index (κ1) is 14.0. The molecule has 1 aromatic heterocycles. The van der Waals surface area contributed by atoms with Crippen molar-refractivity contribution < 1.29 is 8.42 Å². The maximum atomic E-state index is 11.6. The lowest BCUT2D eigenvalue weighted by Gasteiger charge is -2.06. The van der Waals surface area contributed by atoms with Crippen LogP contribution >= 0.6 is 0 Å². The Bertz CT molecular complexity index is 447. The Morgan fingerprint density at radius 2 is 2.18 bits per heavy atom. The normalized spacial score (nSPS) is 11.6. The van der Waals surface area contributed by atoms with Gasteiger partial charge in [0.2, 0.25) is 10.0 Å². The highest BCUT2D eigenvalue weighted by atomic mass is 32.2. The van der Waals surface area contributed by atoms with Crippen LogP contribution in [0.2, 0.25) is 0 Å². The number of hydrogen-bond donors (Lipinski definition) is 2. The van der Waals surface area contributed by atoms with Crippen LogP contribution in [-0.4, -0.2) is 37.7 Å². The molecule has 0 saturated carbocycles. The summed E-state index contributed by atoms with van der Waals surface area (Å²) < 4.78 is 25.7. The van der Waals surface area contributed by atoms with E-state index in [1.165, 1.54) is 0 Å². The van der Waals surface area contributed by atoms with Crippen LogP contribution in [0, 0.1) is 6.92 Å². The molecule has 0 aliphatic heterocycles. The maximum Gasteiger partial charge on any atom is 0.211 e. The predicted octanol–water partition coefficient (Wildman–Crippen LogP) is -0.186. The molecule has 0 amide bonds. The number of hydrogen-bond acceptors (Lipinski definition) is 5. The molecule has 0 aliphatic carbocycles. The minimum Gasteiger partial charge on any atom is -0.320 e. The fraction of sp³-hybridized carbons (Fsp3) is 0.600. The number of aromatic nitrogens is 2. The first-order chi connectivity index (χ1) is 8.03. The highest BCUT2D eigenvalue weighted by Gasteiger charge is 2.09. The summed E-state index contributed by atoms with van der Waals surface area (Å²) in [6.07, 6.45) is 2.21. The molecular weight excluding hydrogens is 240 g/mol. The number of aryl methyl sites for hydroxylation is 1. The molecule has 0 aliphatic rings. The quantitative estimate of drug-likeness (QED) is 0.663. The van der Waals surface area contributed by atoms with Crippen molar-refractivity contribution in [1.82, 2.24) is 20.0 Å². The summed E-state index contributed by atoms with van der Waals surface area (Å²) >= 11 is 0. The van der Waals surface area contributed by atoms with Crippen LogP contribution in [0.15, 0.2) is 12.3 Å². The van der Waals surface area contributed by atoms with Crippen molar-refractivity contribution in [3.05, 3.63) is 23.8 Å². The minimum absolute atomic E-state index is 0.123. The maximum absolute atomic E-state index is 11.6. The molecule has 0 radical (unpaired) electrons. The van der Waals surface area contributed by atoms with E-state index in [1.807, 2.05) is 0 Å². The Labute approximate surface area is 102 Å². The lowest BCUT2D eigenvalue weighted by atomic mass is 10.4. The predicted molar refractivity (Wildman–Crippen MR) is 65.9 cm³/mol. The van der Waals surface area contributed by atoms with Crippen molar-refractivity contribution in [2.24, 2.45) is 0 Å². The van der Waals surface area contributed by atoms with Crippen molar-refractivity contribution in [1.29, 1.82) is 0 Å². The number of nitrogens with zero attached hydrogens (tertiary/aromatic N) is 2. The van der Waals surface area contributed by atoms with Gasteiger partial charge in [-0.3, -0.25) is 0 Å². The SMILES string of the molecule is CNCCCS(=O)(=O)NCc1ccnc(C)n1. The van der Waals surface area contributed by atoms with Gasteiger partial charge in [0.1, 0.15) is 5.82 Å². The molecule has 1 aromatic rings. The van der Waals surface area contributed by atoms with E-state index in [2.05, 4.69) is 20.0 Å². The van der Waals surface area contributed by atoms with Gasteiger partial charge in [-0.1, -0.05) is 0 Å². The topological polar surface area (TPSA) is 84.0 Å². The van der Waals surface area contributed by atoms with Crippen LogP contribution in [0.1, 0.15) is 17.9 Å². The van der Waals surface area contributed by atoms with E-state index in [4.69, 9.17) is 0 Å². The van der Waals surface area contributed by atoms with Crippen molar-refractivity contribution in [3.63, 3.8) is 0 Å². The van der Waals surface area contributed by atoms with E-state index in [-0.39, 0.29) is 12.3 Å². The van der Waals surface area contributed by atoms with E-state index in [0.29, 0.717) is 24.5 Å². The third-order valence-corrected chi connectivity index (χ3v) is 3.56. The van der Waals surface area contributed by atoms with Gasteiger partial charge in [-0.05, 0) is 33.0 Å². The number of nitrogens with one attached hydrogen (secondary N) is 2. The van der Waals surface area contributed by atoms with E-state index in [1.54, 1.807) is 26.2 Å². The molecule has 0 saturated heterocycles. The fourth-order valence-electron chi connectivity index (χ4n) is 1.30. The van der Waals surface area contributed by atoms with Crippen LogP contribution in [0.5, 0.6) is 0 Å². The summed E-state index contributed by atoms with van der Waals surface area (Å²) in [4.78, 5) is 8.07. The summed E-state index contributed by atoms with van der Waals surface area (Å²) in [5.74, 6) is 0.759. The standard InChI is InChI=1S/C10H18N4O2S/c1-9-12-6-4-10(14-9)8-13-17(15,16)7-3-5-11-2/h4,6,11,13H,3,5,7-8H2,1-2H3.